The molecule has 0 aromatic heterocycles. The highest BCUT2D eigenvalue weighted by Crippen LogP contribution is 2.32. The highest BCUT2D eigenvalue weighted by molar-refractivity contribution is 5.68. The number of aliphatic hydroxyl groups is 1. The lowest BCUT2D eigenvalue weighted by Gasteiger charge is -2.24. The zero-order chi connectivity index (χ0) is 16.9. The monoisotopic (exact) mass is 336 g/mol. The van der Waals surface area contributed by atoms with Crippen LogP contribution in [0.25, 0.3) is 0 Å². The van der Waals surface area contributed by atoms with E-state index >= 15 is 0 Å². The summed E-state index contributed by atoms with van der Waals surface area (Å²) in [5.74, 6) is 0.0859. The third-order valence-electron chi connectivity index (χ3n) is 4.55. The van der Waals surface area contributed by atoms with Crippen molar-refractivity contribution in [2.45, 2.75) is 37.4 Å². The van der Waals surface area contributed by atoms with Crippen LogP contribution in [-0.4, -0.2) is 55.5 Å². The van der Waals surface area contributed by atoms with Crippen LogP contribution in [0.5, 0.6) is 0 Å². The lowest BCUT2D eigenvalue weighted by atomic mass is 10.0. The molecule has 1 amide bonds. The molecule has 24 heavy (non-hydrogen) atoms. The average Bonchev–Trinajstić information content (AvgIpc) is 3.19. The normalized spacial score (nSPS) is 28.2. The van der Waals surface area contributed by atoms with Crippen molar-refractivity contribution in [2.24, 2.45) is 11.7 Å². The van der Waals surface area contributed by atoms with E-state index in [0.29, 0.717) is 19.6 Å². The fourth-order valence-corrected chi connectivity index (χ4v) is 3.19. The Kier molecular flexibility index (Phi) is 5.68. The van der Waals surface area contributed by atoms with Crippen LogP contribution in [-0.2, 0) is 20.6 Å². The predicted molar refractivity (Wildman–Crippen MR) is 86.2 cm³/mol. The minimum Gasteiger partial charge on any atom is -0.443 e. The van der Waals surface area contributed by atoms with Crippen LogP contribution in [0.1, 0.15) is 12.0 Å². The summed E-state index contributed by atoms with van der Waals surface area (Å²) in [5.41, 5.74) is 6.56. The summed E-state index contributed by atoms with van der Waals surface area (Å²) in [6.07, 6.45) is -0.696. The van der Waals surface area contributed by atoms with E-state index in [0.717, 1.165) is 12.0 Å². The molecule has 0 aliphatic carbocycles. The number of fused-ring (bicyclic) bond motifs is 1. The number of alkyl carbamates (subject to hydrolysis) is 1. The largest absolute Gasteiger partial charge is 0.443 e. The predicted octanol–water partition coefficient (Wildman–Crippen LogP) is 0.405. The van der Waals surface area contributed by atoms with Crippen molar-refractivity contribution in [1.29, 1.82) is 0 Å². The van der Waals surface area contributed by atoms with Crippen LogP contribution in [0.15, 0.2) is 30.3 Å². The standard InChI is InChI=1S/C17H24N2O5/c18-9-14(20)13(8-11-4-2-1-3-5-11)19-17(21)24-15-10-23-16-12(15)6-7-22-16/h1-5,12-16,20H,6-10,18H2,(H,19,21)/t12-,13?,14-,15-,16+/m0/s1. The van der Waals surface area contributed by atoms with Crippen molar-refractivity contribution in [1.82, 2.24) is 5.32 Å². The van der Waals surface area contributed by atoms with E-state index in [1.807, 2.05) is 30.3 Å². The molecule has 2 saturated heterocycles. The van der Waals surface area contributed by atoms with Crippen molar-refractivity contribution in [3.8, 4) is 0 Å². The van der Waals surface area contributed by atoms with Crippen LogP contribution < -0.4 is 11.1 Å². The van der Waals surface area contributed by atoms with Crippen molar-refractivity contribution < 1.29 is 24.1 Å². The Morgan fingerprint density at radius 3 is 2.92 bits per heavy atom. The molecule has 7 nitrogen and oxygen atoms in total. The molecule has 7 heteroatoms. The number of ether oxygens (including phenoxy) is 3. The molecule has 0 radical (unpaired) electrons. The summed E-state index contributed by atoms with van der Waals surface area (Å²) in [4.78, 5) is 12.2. The van der Waals surface area contributed by atoms with Gasteiger partial charge in [0.15, 0.2) is 6.29 Å². The zero-order valence-corrected chi connectivity index (χ0v) is 13.5. The van der Waals surface area contributed by atoms with E-state index in [1.165, 1.54) is 0 Å². The van der Waals surface area contributed by atoms with Gasteiger partial charge in [0.25, 0.3) is 0 Å². The number of carbonyl (C=O) groups is 1. The average molecular weight is 336 g/mol. The second-order valence-electron chi connectivity index (χ2n) is 6.21. The van der Waals surface area contributed by atoms with Crippen molar-refractivity contribution in [2.75, 3.05) is 19.8 Å². The molecule has 0 bridgehead atoms. The number of hydrogen-bond donors (Lipinski definition) is 3. The number of hydrogen-bond acceptors (Lipinski definition) is 6. The molecule has 2 heterocycles. The Morgan fingerprint density at radius 1 is 1.38 bits per heavy atom. The van der Waals surface area contributed by atoms with Gasteiger partial charge in [-0.1, -0.05) is 30.3 Å². The first kappa shape index (κ1) is 17.2. The van der Waals surface area contributed by atoms with Gasteiger partial charge in [-0.3, -0.25) is 0 Å². The zero-order valence-electron chi connectivity index (χ0n) is 13.5. The maximum absolute atomic E-state index is 12.2. The molecular formula is C17H24N2O5. The molecule has 2 aliphatic heterocycles. The number of aliphatic hydroxyl groups excluding tert-OH is 1. The van der Waals surface area contributed by atoms with Crippen molar-refractivity contribution in [3.63, 3.8) is 0 Å². The van der Waals surface area contributed by atoms with Crippen LogP contribution in [0.3, 0.4) is 0 Å². The Labute approximate surface area is 141 Å². The van der Waals surface area contributed by atoms with Gasteiger partial charge in [-0.2, -0.15) is 0 Å². The molecular weight excluding hydrogens is 312 g/mol. The Morgan fingerprint density at radius 2 is 2.17 bits per heavy atom. The molecule has 4 N–H and O–H groups in total. The molecule has 0 spiro atoms. The Bertz CT molecular complexity index is 541. The third kappa shape index (κ3) is 4.05. The van der Waals surface area contributed by atoms with Gasteiger partial charge in [0.05, 0.1) is 31.3 Å². The van der Waals surface area contributed by atoms with Gasteiger partial charge in [0.1, 0.15) is 6.10 Å². The summed E-state index contributed by atoms with van der Waals surface area (Å²) in [5, 5.41) is 12.8. The lowest BCUT2D eigenvalue weighted by Crippen LogP contribution is -2.49. The minimum atomic E-state index is -0.847. The van der Waals surface area contributed by atoms with Crippen LogP contribution in [0.4, 0.5) is 4.79 Å². The van der Waals surface area contributed by atoms with E-state index in [1.54, 1.807) is 0 Å². The topological polar surface area (TPSA) is 103 Å². The van der Waals surface area contributed by atoms with E-state index in [9.17, 15) is 9.90 Å². The summed E-state index contributed by atoms with van der Waals surface area (Å²) < 4.78 is 16.4. The van der Waals surface area contributed by atoms with E-state index in [-0.39, 0.29) is 24.9 Å². The highest BCUT2D eigenvalue weighted by Gasteiger charge is 2.44. The van der Waals surface area contributed by atoms with Gasteiger partial charge >= 0.3 is 6.09 Å². The van der Waals surface area contributed by atoms with Gasteiger partial charge < -0.3 is 30.4 Å². The molecule has 0 saturated carbocycles. The van der Waals surface area contributed by atoms with E-state index in [2.05, 4.69) is 5.32 Å². The molecule has 1 aromatic rings. The van der Waals surface area contributed by atoms with Gasteiger partial charge in [-0.15, -0.1) is 0 Å². The summed E-state index contributed by atoms with van der Waals surface area (Å²) >= 11 is 0. The number of nitrogens with one attached hydrogen (secondary N) is 1. The van der Waals surface area contributed by atoms with Crippen LogP contribution in [0.2, 0.25) is 0 Å². The molecule has 3 rings (SSSR count). The molecule has 1 aromatic carbocycles. The molecule has 1 unspecified atom stereocenters. The second-order valence-corrected chi connectivity index (χ2v) is 6.21. The molecule has 5 atom stereocenters. The first-order valence-electron chi connectivity index (χ1n) is 8.30. The maximum Gasteiger partial charge on any atom is 0.407 e. The van der Waals surface area contributed by atoms with Crippen molar-refractivity contribution in [3.05, 3.63) is 35.9 Å². The number of rotatable bonds is 6. The summed E-state index contributed by atoms with van der Waals surface area (Å²) in [6.45, 7) is 1.02. The quantitative estimate of drug-likeness (QED) is 0.695. The van der Waals surface area contributed by atoms with Crippen molar-refractivity contribution >= 4 is 6.09 Å². The SMILES string of the molecule is NC[C@H](O)C(Cc1ccccc1)NC(=O)O[C@H]1CO[C@H]2OCC[C@H]21. The van der Waals surface area contributed by atoms with Gasteiger partial charge in [0, 0.05) is 6.54 Å². The smallest absolute Gasteiger partial charge is 0.407 e. The fourth-order valence-electron chi connectivity index (χ4n) is 3.19. The molecule has 2 fully saturated rings. The van der Waals surface area contributed by atoms with Gasteiger partial charge in [-0.25, -0.2) is 4.79 Å². The fraction of sp³-hybridized carbons (Fsp3) is 0.588. The number of nitrogens with two attached hydrogens (primary N) is 1. The van der Waals surface area contributed by atoms with Gasteiger partial charge in [0.2, 0.25) is 0 Å². The molecule has 2 aliphatic rings. The summed E-state index contributed by atoms with van der Waals surface area (Å²) in [7, 11) is 0. The first-order valence-corrected chi connectivity index (χ1v) is 8.30. The summed E-state index contributed by atoms with van der Waals surface area (Å²) in [6, 6.07) is 9.11. The molecule has 132 valence electrons. The van der Waals surface area contributed by atoms with Gasteiger partial charge in [-0.05, 0) is 18.4 Å². The number of benzene rings is 1. The number of amides is 1. The lowest BCUT2D eigenvalue weighted by molar-refractivity contribution is -0.0907. The van der Waals surface area contributed by atoms with Crippen LogP contribution in [0, 0.1) is 5.92 Å². The van der Waals surface area contributed by atoms with E-state index < -0.39 is 18.2 Å². The maximum atomic E-state index is 12.2. The highest BCUT2D eigenvalue weighted by atomic mass is 16.7. The Hall–Kier alpha value is -1.67. The Balaban J connectivity index is 1.56. The third-order valence-corrected chi connectivity index (χ3v) is 4.55. The van der Waals surface area contributed by atoms with Crippen LogP contribution >= 0.6 is 0 Å². The first-order chi connectivity index (χ1) is 11.7. The second kappa shape index (κ2) is 7.94. The van der Waals surface area contributed by atoms with E-state index in [4.69, 9.17) is 19.9 Å². The number of carbonyl (C=O) groups excluding carboxylic acids is 1. The minimum absolute atomic E-state index is 0.0584.